The molecule has 1 N–H and O–H groups in total. The molecular formula is C12H16ClN. The number of halogens is 1. The molecule has 1 rings (SSSR count). The van der Waals surface area contributed by atoms with Crippen LogP contribution in [0.5, 0.6) is 0 Å². The molecule has 0 heterocycles. The van der Waals surface area contributed by atoms with Crippen molar-refractivity contribution in [3.8, 4) is 0 Å². The van der Waals surface area contributed by atoms with Crippen molar-refractivity contribution >= 4 is 11.6 Å². The Kier molecular flexibility index (Phi) is 4.71. The second-order valence-corrected chi connectivity index (χ2v) is 3.74. The third-order valence-corrected chi connectivity index (χ3v) is 2.38. The molecule has 0 aromatic heterocycles. The van der Waals surface area contributed by atoms with Crippen LogP contribution in [-0.2, 0) is 0 Å². The summed E-state index contributed by atoms with van der Waals surface area (Å²) in [6.07, 6.45) is 2.91. The average Bonchev–Trinajstić information content (AvgIpc) is 2.18. The van der Waals surface area contributed by atoms with E-state index in [4.69, 9.17) is 11.6 Å². The minimum Gasteiger partial charge on any atom is -0.310 e. The molecule has 0 saturated heterocycles. The molecule has 0 aliphatic heterocycles. The minimum atomic E-state index is 0.341. The molecule has 0 fully saturated rings. The molecule has 0 aliphatic carbocycles. The van der Waals surface area contributed by atoms with Crippen LogP contribution < -0.4 is 5.32 Å². The van der Waals surface area contributed by atoms with E-state index in [0.29, 0.717) is 6.04 Å². The van der Waals surface area contributed by atoms with Crippen LogP contribution >= 0.6 is 11.6 Å². The zero-order valence-corrected chi connectivity index (χ0v) is 9.22. The molecule has 1 atom stereocenters. The fourth-order valence-electron chi connectivity index (χ4n) is 1.30. The molecule has 76 valence electrons. The summed E-state index contributed by atoms with van der Waals surface area (Å²) >= 11 is 5.91. The first-order valence-electron chi connectivity index (χ1n) is 4.84. The van der Waals surface area contributed by atoms with Gasteiger partial charge in [-0.05, 0) is 37.6 Å². The molecule has 1 aromatic rings. The van der Waals surface area contributed by atoms with Crippen molar-refractivity contribution < 1.29 is 0 Å². The van der Waals surface area contributed by atoms with Gasteiger partial charge in [-0.2, -0.15) is 0 Å². The molecule has 0 aliphatic rings. The fraction of sp³-hybridized carbons (Fsp3) is 0.333. The van der Waals surface area contributed by atoms with Crippen molar-refractivity contribution in [2.75, 3.05) is 6.54 Å². The van der Waals surface area contributed by atoms with Crippen LogP contribution in [0.1, 0.15) is 24.9 Å². The van der Waals surface area contributed by atoms with Crippen LogP contribution in [0.3, 0.4) is 0 Å². The molecule has 0 amide bonds. The smallest absolute Gasteiger partial charge is 0.0409 e. The topological polar surface area (TPSA) is 12.0 Å². The van der Waals surface area contributed by atoms with Gasteiger partial charge in [0.2, 0.25) is 0 Å². The predicted molar refractivity (Wildman–Crippen MR) is 62.7 cm³/mol. The Hall–Kier alpha value is -0.790. The van der Waals surface area contributed by atoms with Gasteiger partial charge >= 0.3 is 0 Å². The van der Waals surface area contributed by atoms with Crippen molar-refractivity contribution in [3.63, 3.8) is 0 Å². The van der Waals surface area contributed by atoms with Gasteiger partial charge < -0.3 is 5.32 Å². The van der Waals surface area contributed by atoms with E-state index in [0.717, 1.165) is 18.0 Å². The largest absolute Gasteiger partial charge is 0.310 e. The summed E-state index contributed by atoms with van der Waals surface area (Å²) in [6.45, 7) is 6.77. The standard InChI is InChI=1S/C12H16ClN/c1-3-4-8-14-10(2)11-6-5-7-12(13)9-11/h3,5-7,9-10,14H,1,4,8H2,2H3/t10-/m1/s1. The number of benzene rings is 1. The Morgan fingerprint density at radius 2 is 2.36 bits per heavy atom. The van der Waals surface area contributed by atoms with E-state index < -0.39 is 0 Å². The van der Waals surface area contributed by atoms with Crippen molar-refractivity contribution in [1.29, 1.82) is 0 Å². The van der Waals surface area contributed by atoms with E-state index in [1.807, 2.05) is 24.3 Å². The van der Waals surface area contributed by atoms with E-state index in [1.165, 1.54) is 5.56 Å². The van der Waals surface area contributed by atoms with Crippen LogP contribution in [0.15, 0.2) is 36.9 Å². The second-order valence-electron chi connectivity index (χ2n) is 3.31. The molecule has 0 radical (unpaired) electrons. The lowest BCUT2D eigenvalue weighted by Gasteiger charge is -2.13. The van der Waals surface area contributed by atoms with E-state index in [1.54, 1.807) is 0 Å². The van der Waals surface area contributed by atoms with Crippen LogP contribution in [0.4, 0.5) is 0 Å². The Morgan fingerprint density at radius 3 is 3.00 bits per heavy atom. The van der Waals surface area contributed by atoms with Crippen molar-refractivity contribution in [1.82, 2.24) is 5.32 Å². The Labute approximate surface area is 90.8 Å². The maximum atomic E-state index is 5.91. The molecule has 14 heavy (non-hydrogen) atoms. The van der Waals surface area contributed by atoms with Gasteiger partial charge in [0.15, 0.2) is 0 Å². The molecule has 0 spiro atoms. The number of hydrogen-bond donors (Lipinski definition) is 1. The van der Waals surface area contributed by atoms with Crippen LogP contribution in [0.2, 0.25) is 5.02 Å². The summed E-state index contributed by atoms with van der Waals surface area (Å²) in [5.41, 5.74) is 1.22. The predicted octanol–water partition coefficient (Wildman–Crippen LogP) is 3.57. The Morgan fingerprint density at radius 1 is 1.57 bits per heavy atom. The number of hydrogen-bond acceptors (Lipinski definition) is 1. The van der Waals surface area contributed by atoms with Crippen molar-refractivity contribution in [2.45, 2.75) is 19.4 Å². The van der Waals surface area contributed by atoms with Gasteiger partial charge in [-0.3, -0.25) is 0 Å². The van der Waals surface area contributed by atoms with E-state index >= 15 is 0 Å². The van der Waals surface area contributed by atoms with Crippen LogP contribution in [-0.4, -0.2) is 6.54 Å². The zero-order chi connectivity index (χ0) is 10.4. The minimum absolute atomic E-state index is 0.341. The second kappa shape index (κ2) is 5.84. The van der Waals surface area contributed by atoms with E-state index in [2.05, 4.69) is 24.9 Å². The lowest BCUT2D eigenvalue weighted by Crippen LogP contribution is -2.19. The van der Waals surface area contributed by atoms with Gasteiger partial charge in [-0.15, -0.1) is 6.58 Å². The van der Waals surface area contributed by atoms with Gasteiger partial charge in [0, 0.05) is 11.1 Å². The molecule has 2 heteroatoms. The highest BCUT2D eigenvalue weighted by Gasteiger charge is 2.03. The number of nitrogens with one attached hydrogen (secondary N) is 1. The molecular weight excluding hydrogens is 194 g/mol. The first-order chi connectivity index (χ1) is 6.74. The van der Waals surface area contributed by atoms with Gasteiger partial charge in [-0.25, -0.2) is 0 Å². The number of rotatable bonds is 5. The zero-order valence-electron chi connectivity index (χ0n) is 8.46. The molecule has 1 aromatic carbocycles. The summed E-state index contributed by atoms with van der Waals surface area (Å²) in [5.74, 6) is 0. The Balaban J connectivity index is 2.51. The summed E-state index contributed by atoms with van der Waals surface area (Å²) in [5, 5.41) is 4.19. The van der Waals surface area contributed by atoms with Crippen LogP contribution in [0.25, 0.3) is 0 Å². The monoisotopic (exact) mass is 209 g/mol. The van der Waals surface area contributed by atoms with Crippen LogP contribution in [0, 0.1) is 0 Å². The highest BCUT2D eigenvalue weighted by molar-refractivity contribution is 6.30. The molecule has 0 saturated carbocycles. The van der Waals surface area contributed by atoms with E-state index in [-0.39, 0.29) is 0 Å². The highest BCUT2D eigenvalue weighted by atomic mass is 35.5. The van der Waals surface area contributed by atoms with Gasteiger partial charge in [-0.1, -0.05) is 29.8 Å². The third kappa shape index (κ3) is 3.52. The lowest BCUT2D eigenvalue weighted by molar-refractivity contribution is 0.581. The first-order valence-corrected chi connectivity index (χ1v) is 5.21. The van der Waals surface area contributed by atoms with Crippen molar-refractivity contribution in [3.05, 3.63) is 47.5 Å². The summed E-state index contributed by atoms with van der Waals surface area (Å²) in [6, 6.07) is 8.28. The van der Waals surface area contributed by atoms with Gasteiger partial charge in [0.25, 0.3) is 0 Å². The SMILES string of the molecule is C=CCCN[C@H](C)c1cccc(Cl)c1. The molecule has 0 bridgehead atoms. The van der Waals surface area contributed by atoms with E-state index in [9.17, 15) is 0 Å². The highest BCUT2D eigenvalue weighted by Crippen LogP contribution is 2.16. The molecule has 0 unspecified atom stereocenters. The Bertz CT molecular complexity index is 296. The first kappa shape index (κ1) is 11.3. The quantitative estimate of drug-likeness (QED) is 0.578. The fourth-order valence-corrected chi connectivity index (χ4v) is 1.49. The molecule has 1 nitrogen and oxygen atoms in total. The average molecular weight is 210 g/mol. The summed E-state index contributed by atoms with van der Waals surface area (Å²) in [7, 11) is 0. The summed E-state index contributed by atoms with van der Waals surface area (Å²) in [4.78, 5) is 0. The normalized spacial score (nSPS) is 12.4. The maximum absolute atomic E-state index is 5.91. The van der Waals surface area contributed by atoms with Crippen molar-refractivity contribution in [2.24, 2.45) is 0 Å². The summed E-state index contributed by atoms with van der Waals surface area (Å²) < 4.78 is 0. The van der Waals surface area contributed by atoms with Gasteiger partial charge in [0.1, 0.15) is 0 Å². The van der Waals surface area contributed by atoms with Gasteiger partial charge in [0.05, 0.1) is 0 Å². The maximum Gasteiger partial charge on any atom is 0.0409 e. The third-order valence-electron chi connectivity index (χ3n) is 2.15. The lowest BCUT2D eigenvalue weighted by atomic mass is 10.1.